The molecule has 0 atom stereocenters. The highest BCUT2D eigenvalue weighted by molar-refractivity contribution is 5.94. The van der Waals surface area contributed by atoms with E-state index in [1.54, 1.807) is 13.0 Å². The minimum atomic E-state index is -0.292. The van der Waals surface area contributed by atoms with Crippen LogP contribution >= 0.6 is 0 Å². The van der Waals surface area contributed by atoms with Gasteiger partial charge in [0.25, 0.3) is 5.91 Å². The molecule has 1 aliphatic carbocycles. The molecular weight excluding hydrogens is 243 g/mol. The van der Waals surface area contributed by atoms with Crippen molar-refractivity contribution in [2.45, 2.75) is 44.6 Å². The molecule has 3 N–H and O–H groups in total. The van der Waals surface area contributed by atoms with E-state index in [0.717, 1.165) is 25.7 Å². The molecule has 0 bridgehead atoms. The van der Waals surface area contributed by atoms with Gasteiger partial charge in [-0.25, -0.2) is 4.39 Å². The van der Waals surface area contributed by atoms with Gasteiger partial charge in [0.05, 0.1) is 0 Å². The molecule has 1 saturated carbocycles. The molecule has 0 spiro atoms. The summed E-state index contributed by atoms with van der Waals surface area (Å²) in [6.45, 7) is 2.14. The Morgan fingerprint density at radius 2 is 2.05 bits per heavy atom. The van der Waals surface area contributed by atoms with Gasteiger partial charge in [-0.05, 0) is 43.5 Å². The molecule has 1 aromatic carbocycles. The third kappa shape index (κ3) is 3.53. The lowest BCUT2D eigenvalue weighted by molar-refractivity contribution is 0.0937. The first-order chi connectivity index (χ1) is 9.00. The number of nitrogens with one attached hydrogen (secondary N) is 1. The summed E-state index contributed by atoms with van der Waals surface area (Å²) in [5.41, 5.74) is 6.95. The Kier molecular flexibility index (Phi) is 4.20. The molecular formula is C15H21FN2O. The van der Waals surface area contributed by atoms with Gasteiger partial charge in [-0.1, -0.05) is 19.3 Å². The fourth-order valence-corrected chi connectivity index (χ4v) is 2.58. The maximum atomic E-state index is 13.1. The molecule has 0 aromatic heterocycles. The van der Waals surface area contributed by atoms with Gasteiger partial charge in [-0.15, -0.1) is 0 Å². The summed E-state index contributed by atoms with van der Waals surface area (Å²) in [6.07, 6.45) is 5.39. The highest BCUT2D eigenvalue weighted by Gasteiger charge is 2.27. The summed E-state index contributed by atoms with van der Waals surface area (Å²) in [6, 6.07) is 4.39. The molecule has 104 valence electrons. The number of halogens is 1. The van der Waals surface area contributed by atoms with E-state index in [9.17, 15) is 9.18 Å². The summed E-state index contributed by atoms with van der Waals surface area (Å²) >= 11 is 0. The zero-order valence-electron chi connectivity index (χ0n) is 11.3. The van der Waals surface area contributed by atoms with Crippen LogP contribution in [0.15, 0.2) is 18.2 Å². The number of benzene rings is 1. The summed E-state index contributed by atoms with van der Waals surface area (Å²) in [7, 11) is 0. The van der Waals surface area contributed by atoms with Crippen LogP contribution in [0.3, 0.4) is 0 Å². The molecule has 0 radical (unpaired) electrons. The Bertz CT molecular complexity index is 467. The summed E-state index contributed by atoms with van der Waals surface area (Å²) in [5, 5.41) is 2.87. The molecule has 0 unspecified atom stereocenters. The molecule has 3 nitrogen and oxygen atoms in total. The number of amides is 1. The maximum absolute atomic E-state index is 13.1. The van der Waals surface area contributed by atoms with Gasteiger partial charge >= 0.3 is 0 Å². The third-order valence-electron chi connectivity index (χ3n) is 3.87. The predicted molar refractivity (Wildman–Crippen MR) is 73.5 cm³/mol. The average molecular weight is 264 g/mol. The van der Waals surface area contributed by atoms with Crippen molar-refractivity contribution in [2.75, 3.05) is 6.54 Å². The van der Waals surface area contributed by atoms with Crippen molar-refractivity contribution >= 4 is 5.91 Å². The smallest absolute Gasteiger partial charge is 0.251 e. The second-order valence-corrected chi connectivity index (χ2v) is 5.57. The summed E-state index contributed by atoms with van der Waals surface area (Å²) in [5.74, 6) is -0.474. The lowest BCUT2D eigenvalue weighted by Gasteiger charge is -2.33. The maximum Gasteiger partial charge on any atom is 0.251 e. The fraction of sp³-hybridized carbons (Fsp3) is 0.533. The summed E-state index contributed by atoms with van der Waals surface area (Å²) in [4.78, 5) is 12.0. The number of carbonyl (C=O) groups excluding carboxylic acids is 1. The highest BCUT2D eigenvalue weighted by atomic mass is 19.1. The zero-order valence-corrected chi connectivity index (χ0v) is 11.3. The number of carbonyl (C=O) groups is 1. The molecule has 0 saturated heterocycles. The van der Waals surface area contributed by atoms with Crippen LogP contribution in [0.5, 0.6) is 0 Å². The van der Waals surface area contributed by atoms with Crippen LogP contribution in [-0.2, 0) is 0 Å². The van der Waals surface area contributed by atoms with Crippen molar-refractivity contribution in [3.63, 3.8) is 0 Å². The zero-order chi connectivity index (χ0) is 13.9. The van der Waals surface area contributed by atoms with Gasteiger partial charge in [0, 0.05) is 17.6 Å². The predicted octanol–water partition coefficient (Wildman–Crippen LogP) is 2.53. The Morgan fingerprint density at radius 1 is 1.37 bits per heavy atom. The lowest BCUT2D eigenvalue weighted by atomic mass is 9.82. The number of rotatable bonds is 3. The third-order valence-corrected chi connectivity index (χ3v) is 3.87. The van der Waals surface area contributed by atoms with Crippen molar-refractivity contribution in [2.24, 2.45) is 5.73 Å². The molecule has 0 aliphatic heterocycles. The molecule has 1 aromatic rings. The first-order valence-electron chi connectivity index (χ1n) is 6.83. The molecule has 1 amide bonds. The van der Waals surface area contributed by atoms with Crippen LogP contribution in [0.1, 0.15) is 48.0 Å². The number of aryl methyl sites for hydroxylation is 1. The van der Waals surface area contributed by atoms with Crippen LogP contribution in [0, 0.1) is 12.7 Å². The van der Waals surface area contributed by atoms with E-state index in [0.29, 0.717) is 17.7 Å². The Labute approximate surface area is 113 Å². The average Bonchev–Trinajstić information content (AvgIpc) is 2.40. The summed E-state index contributed by atoms with van der Waals surface area (Å²) < 4.78 is 13.1. The number of hydrogen-bond donors (Lipinski definition) is 2. The van der Waals surface area contributed by atoms with Crippen LogP contribution in [0.2, 0.25) is 0 Å². The minimum absolute atomic E-state index is 0.182. The Balaban J connectivity index is 1.95. The molecule has 2 rings (SSSR count). The minimum Gasteiger partial charge on any atom is -0.350 e. The van der Waals surface area contributed by atoms with E-state index in [-0.39, 0.29) is 17.3 Å². The Morgan fingerprint density at radius 3 is 2.68 bits per heavy atom. The van der Waals surface area contributed by atoms with Crippen molar-refractivity contribution in [3.05, 3.63) is 35.1 Å². The topological polar surface area (TPSA) is 55.1 Å². The monoisotopic (exact) mass is 264 g/mol. The van der Waals surface area contributed by atoms with Crippen molar-refractivity contribution in [1.82, 2.24) is 5.32 Å². The fourth-order valence-electron chi connectivity index (χ4n) is 2.58. The van der Waals surface area contributed by atoms with Crippen LogP contribution < -0.4 is 11.1 Å². The first-order valence-corrected chi connectivity index (χ1v) is 6.83. The van der Waals surface area contributed by atoms with E-state index in [2.05, 4.69) is 5.32 Å². The number of hydrogen-bond acceptors (Lipinski definition) is 2. The molecule has 4 heteroatoms. The van der Waals surface area contributed by atoms with E-state index in [1.807, 2.05) is 0 Å². The standard InChI is InChI=1S/C15H21FN2O/c1-11-9-12(5-6-13(11)16)14(19)18-10-15(17)7-3-2-4-8-15/h5-6,9H,2-4,7-8,10,17H2,1H3,(H,18,19). The van der Waals surface area contributed by atoms with Gasteiger partial charge in [0.1, 0.15) is 5.82 Å². The van der Waals surface area contributed by atoms with Gasteiger partial charge in [-0.2, -0.15) is 0 Å². The van der Waals surface area contributed by atoms with Crippen LogP contribution in [0.4, 0.5) is 4.39 Å². The van der Waals surface area contributed by atoms with Crippen molar-refractivity contribution in [3.8, 4) is 0 Å². The molecule has 1 aliphatic rings. The van der Waals surface area contributed by atoms with Gasteiger partial charge in [0.15, 0.2) is 0 Å². The van der Waals surface area contributed by atoms with Crippen molar-refractivity contribution in [1.29, 1.82) is 0 Å². The van der Waals surface area contributed by atoms with Crippen molar-refractivity contribution < 1.29 is 9.18 Å². The second kappa shape index (κ2) is 5.70. The van der Waals surface area contributed by atoms with E-state index < -0.39 is 0 Å². The van der Waals surface area contributed by atoms with Gasteiger partial charge in [-0.3, -0.25) is 4.79 Å². The van der Waals surface area contributed by atoms with Gasteiger partial charge in [0.2, 0.25) is 0 Å². The molecule has 1 fully saturated rings. The van der Waals surface area contributed by atoms with Crippen LogP contribution in [0.25, 0.3) is 0 Å². The first kappa shape index (κ1) is 14.0. The number of nitrogens with two attached hydrogens (primary N) is 1. The highest BCUT2D eigenvalue weighted by Crippen LogP contribution is 2.25. The molecule has 0 heterocycles. The Hall–Kier alpha value is -1.42. The van der Waals surface area contributed by atoms with Gasteiger partial charge < -0.3 is 11.1 Å². The normalized spacial score (nSPS) is 18.1. The quantitative estimate of drug-likeness (QED) is 0.881. The second-order valence-electron chi connectivity index (χ2n) is 5.57. The largest absolute Gasteiger partial charge is 0.350 e. The van der Waals surface area contributed by atoms with E-state index in [1.165, 1.54) is 18.6 Å². The van der Waals surface area contributed by atoms with E-state index in [4.69, 9.17) is 5.73 Å². The van der Waals surface area contributed by atoms with Crippen LogP contribution in [-0.4, -0.2) is 18.0 Å². The molecule has 19 heavy (non-hydrogen) atoms. The SMILES string of the molecule is Cc1cc(C(=O)NCC2(N)CCCCC2)ccc1F. The lowest BCUT2D eigenvalue weighted by Crippen LogP contribution is -2.51. The van der Waals surface area contributed by atoms with E-state index >= 15 is 0 Å².